The number of methoxy groups -OCH3 is 1. The molecule has 168 valence electrons. The Labute approximate surface area is 191 Å². The summed E-state index contributed by atoms with van der Waals surface area (Å²) in [5, 5.41) is 0. The monoisotopic (exact) mass is 445 g/mol. The predicted octanol–water partition coefficient (Wildman–Crippen LogP) is 3.35. The van der Waals surface area contributed by atoms with Crippen LogP contribution in [-0.4, -0.2) is 37.3 Å². The molecule has 0 unspecified atom stereocenters. The predicted molar refractivity (Wildman–Crippen MR) is 119 cm³/mol. The number of nitrogens with zero attached hydrogens (tertiary/aromatic N) is 1. The minimum atomic E-state index is -0.700. The molecule has 7 nitrogen and oxygen atoms in total. The van der Waals surface area contributed by atoms with Gasteiger partial charge in [-0.2, -0.15) is 0 Å². The normalized spacial score (nSPS) is 24.8. The number of hydrogen-bond donors (Lipinski definition) is 0. The maximum absolute atomic E-state index is 13.1. The number of allylic oxidation sites excluding steroid dienone is 2. The number of carbonyl (C=O) groups is 4. The van der Waals surface area contributed by atoms with Crippen molar-refractivity contribution in [2.75, 3.05) is 18.6 Å². The zero-order valence-corrected chi connectivity index (χ0v) is 18.3. The molecule has 3 aliphatic rings. The molecule has 4 atom stereocenters. The largest absolute Gasteiger partial charge is 0.497 e. The van der Waals surface area contributed by atoms with E-state index in [0.29, 0.717) is 22.6 Å². The van der Waals surface area contributed by atoms with Gasteiger partial charge in [0.05, 0.1) is 30.2 Å². The average molecular weight is 445 g/mol. The number of ether oxygens (including phenoxy) is 2. The lowest BCUT2D eigenvalue weighted by molar-refractivity contribution is -0.123. The van der Waals surface area contributed by atoms with Gasteiger partial charge in [0.2, 0.25) is 11.8 Å². The summed E-state index contributed by atoms with van der Waals surface area (Å²) in [7, 11) is 1.50. The number of carbonyl (C=O) groups excluding carboxylic acids is 4. The van der Waals surface area contributed by atoms with Crippen LogP contribution in [-0.2, 0) is 14.3 Å². The fraction of sp³-hybridized carbons (Fsp3) is 0.308. The molecular formula is C26H23NO6. The first-order chi connectivity index (χ1) is 15.9. The number of benzene rings is 2. The van der Waals surface area contributed by atoms with Crippen molar-refractivity contribution in [1.29, 1.82) is 0 Å². The smallest absolute Gasteiger partial charge is 0.338 e. The van der Waals surface area contributed by atoms with E-state index >= 15 is 0 Å². The molecule has 0 radical (unpaired) electrons. The van der Waals surface area contributed by atoms with Gasteiger partial charge in [-0.15, -0.1) is 0 Å². The Hall–Kier alpha value is -3.74. The summed E-state index contributed by atoms with van der Waals surface area (Å²) in [6.45, 7) is 1.36. The van der Waals surface area contributed by atoms with Crippen LogP contribution in [0.1, 0.15) is 32.7 Å². The number of Topliss-reactive ketones (excluding diaryl/α,β-unsaturated/α-hetero) is 1. The van der Waals surface area contributed by atoms with Crippen LogP contribution in [0.5, 0.6) is 5.75 Å². The van der Waals surface area contributed by atoms with Gasteiger partial charge in [-0.1, -0.05) is 30.4 Å². The quantitative estimate of drug-likeness (QED) is 0.293. The number of esters is 1. The minimum Gasteiger partial charge on any atom is -0.497 e. The Morgan fingerprint density at radius 1 is 0.970 bits per heavy atom. The molecule has 5 rings (SSSR count). The number of anilines is 1. The first kappa shape index (κ1) is 21.1. The van der Waals surface area contributed by atoms with Gasteiger partial charge >= 0.3 is 5.97 Å². The molecule has 1 saturated heterocycles. The zero-order chi connectivity index (χ0) is 23.3. The van der Waals surface area contributed by atoms with Crippen molar-refractivity contribution in [3.63, 3.8) is 0 Å². The number of amides is 2. The Morgan fingerprint density at radius 2 is 1.67 bits per heavy atom. The molecule has 1 saturated carbocycles. The van der Waals surface area contributed by atoms with Crippen LogP contribution in [0.4, 0.5) is 5.69 Å². The first-order valence-electron chi connectivity index (χ1n) is 10.9. The Kier molecular flexibility index (Phi) is 5.12. The number of aryl methyl sites for hydroxylation is 1. The Balaban J connectivity index is 1.33. The van der Waals surface area contributed by atoms with Crippen molar-refractivity contribution in [1.82, 2.24) is 0 Å². The second-order valence-corrected chi connectivity index (χ2v) is 8.74. The Morgan fingerprint density at radius 3 is 2.33 bits per heavy atom. The third kappa shape index (κ3) is 3.44. The van der Waals surface area contributed by atoms with Crippen LogP contribution < -0.4 is 9.64 Å². The molecule has 2 aliphatic carbocycles. The fourth-order valence-corrected chi connectivity index (χ4v) is 5.21. The summed E-state index contributed by atoms with van der Waals surface area (Å²) in [6.07, 6.45) is 4.94. The van der Waals surface area contributed by atoms with Crippen LogP contribution in [0.25, 0.3) is 0 Å². The van der Waals surface area contributed by atoms with E-state index in [1.807, 2.05) is 12.2 Å². The zero-order valence-electron chi connectivity index (χ0n) is 18.3. The van der Waals surface area contributed by atoms with E-state index in [-0.39, 0.29) is 46.8 Å². The molecule has 0 N–H and O–H groups in total. The van der Waals surface area contributed by atoms with Crippen LogP contribution in [0.2, 0.25) is 0 Å². The van der Waals surface area contributed by atoms with E-state index in [1.165, 1.54) is 18.1 Å². The molecular weight excluding hydrogens is 422 g/mol. The SMILES string of the molecule is COc1cccc(C(=O)COC(=O)c2ccc(C)c(N3C(=O)[C@@H]4[C@@H](C3=O)[C@H]3C=C[C@@H]4C3)c2)c1. The number of fused-ring (bicyclic) bond motifs is 5. The summed E-state index contributed by atoms with van der Waals surface area (Å²) in [6, 6.07) is 11.3. The topological polar surface area (TPSA) is 90.0 Å². The lowest BCUT2D eigenvalue weighted by atomic mass is 9.85. The van der Waals surface area contributed by atoms with E-state index in [1.54, 1.807) is 43.3 Å². The van der Waals surface area contributed by atoms with Gasteiger partial charge in [0.25, 0.3) is 0 Å². The maximum atomic E-state index is 13.1. The highest BCUT2D eigenvalue weighted by Crippen LogP contribution is 2.53. The van der Waals surface area contributed by atoms with Crippen LogP contribution in [0.3, 0.4) is 0 Å². The second-order valence-electron chi connectivity index (χ2n) is 8.74. The van der Waals surface area contributed by atoms with Crippen molar-refractivity contribution >= 4 is 29.3 Å². The van der Waals surface area contributed by atoms with E-state index in [0.717, 1.165) is 6.42 Å². The van der Waals surface area contributed by atoms with Gasteiger partial charge < -0.3 is 9.47 Å². The minimum absolute atomic E-state index is 0.109. The van der Waals surface area contributed by atoms with Gasteiger partial charge in [-0.25, -0.2) is 9.69 Å². The standard InChI is InChI=1S/C26H23NO6/c1-14-6-7-18(26(31)33-13-21(28)15-4-3-5-19(11-15)32-2)12-20(14)27-24(29)22-16-8-9-17(10-16)23(22)25(27)30/h3-9,11-12,16-17,22-23H,10,13H2,1-2H3/t16-,17+,22-,23-/m0/s1. The molecule has 1 heterocycles. The molecule has 7 heteroatoms. The first-order valence-corrected chi connectivity index (χ1v) is 10.9. The van der Waals surface area contributed by atoms with Gasteiger partial charge in [0.15, 0.2) is 12.4 Å². The fourth-order valence-electron chi connectivity index (χ4n) is 5.21. The van der Waals surface area contributed by atoms with Crippen molar-refractivity contribution < 1.29 is 28.7 Å². The summed E-state index contributed by atoms with van der Waals surface area (Å²) in [5.74, 6) is -1.36. The van der Waals surface area contributed by atoms with Crippen molar-refractivity contribution in [2.45, 2.75) is 13.3 Å². The number of rotatable bonds is 6. The molecule has 33 heavy (non-hydrogen) atoms. The molecule has 2 fully saturated rings. The van der Waals surface area contributed by atoms with Crippen LogP contribution >= 0.6 is 0 Å². The van der Waals surface area contributed by atoms with Gasteiger partial charge in [-0.3, -0.25) is 14.4 Å². The highest BCUT2D eigenvalue weighted by atomic mass is 16.5. The molecule has 1 aliphatic heterocycles. The lowest BCUT2D eigenvalue weighted by Crippen LogP contribution is -2.33. The molecule has 2 bridgehead atoms. The average Bonchev–Trinajstić information content (AvgIpc) is 3.51. The Bertz CT molecular complexity index is 1190. The van der Waals surface area contributed by atoms with Crippen molar-refractivity contribution in [2.24, 2.45) is 23.7 Å². The van der Waals surface area contributed by atoms with Gasteiger partial charge in [-0.05, 0) is 55.0 Å². The summed E-state index contributed by atoms with van der Waals surface area (Å²) in [4.78, 5) is 52.6. The maximum Gasteiger partial charge on any atom is 0.338 e. The summed E-state index contributed by atoms with van der Waals surface area (Å²) < 4.78 is 10.3. The van der Waals surface area contributed by atoms with Crippen LogP contribution in [0.15, 0.2) is 54.6 Å². The van der Waals surface area contributed by atoms with E-state index in [2.05, 4.69) is 0 Å². The molecule has 2 aromatic rings. The van der Waals surface area contributed by atoms with E-state index < -0.39 is 12.6 Å². The van der Waals surface area contributed by atoms with Crippen LogP contribution in [0, 0.1) is 30.6 Å². The molecule has 2 aromatic carbocycles. The summed E-state index contributed by atoms with van der Waals surface area (Å²) in [5.41, 5.74) is 1.65. The van der Waals surface area contributed by atoms with Crippen molar-refractivity contribution in [3.05, 3.63) is 71.3 Å². The van der Waals surface area contributed by atoms with E-state index in [4.69, 9.17) is 9.47 Å². The highest BCUT2D eigenvalue weighted by molar-refractivity contribution is 6.23. The third-order valence-corrected chi connectivity index (χ3v) is 6.88. The lowest BCUT2D eigenvalue weighted by Gasteiger charge is -2.20. The molecule has 0 aromatic heterocycles. The second kappa shape index (κ2) is 7.99. The summed E-state index contributed by atoms with van der Waals surface area (Å²) >= 11 is 0. The molecule has 2 amide bonds. The highest BCUT2D eigenvalue weighted by Gasteiger charge is 2.59. The number of hydrogen-bond acceptors (Lipinski definition) is 6. The number of ketones is 1. The third-order valence-electron chi connectivity index (χ3n) is 6.88. The van der Waals surface area contributed by atoms with Gasteiger partial charge in [0.1, 0.15) is 5.75 Å². The number of imide groups is 1. The molecule has 0 spiro atoms. The van der Waals surface area contributed by atoms with Crippen molar-refractivity contribution in [3.8, 4) is 5.75 Å². The van der Waals surface area contributed by atoms with Gasteiger partial charge in [0, 0.05) is 5.56 Å². The van der Waals surface area contributed by atoms with E-state index in [9.17, 15) is 19.2 Å².